The normalized spacial score (nSPS) is 10.3. The van der Waals surface area contributed by atoms with E-state index in [0.29, 0.717) is 24.2 Å². The molecule has 4 N–H and O–H groups in total. The first-order chi connectivity index (χ1) is 9.61. The van der Waals surface area contributed by atoms with Gasteiger partial charge in [0.1, 0.15) is 5.75 Å². The van der Waals surface area contributed by atoms with Crippen molar-refractivity contribution < 1.29 is 9.90 Å². The van der Waals surface area contributed by atoms with Crippen molar-refractivity contribution in [2.24, 2.45) is 5.73 Å². The fraction of sp³-hybridized carbons (Fsp3) is 0.188. The van der Waals surface area contributed by atoms with E-state index in [4.69, 9.17) is 5.73 Å². The largest absolute Gasteiger partial charge is 0.508 e. The fourth-order valence-electron chi connectivity index (χ4n) is 2.05. The number of rotatable bonds is 4. The predicted octanol–water partition coefficient (Wildman–Crippen LogP) is 2.45. The second kappa shape index (κ2) is 6.21. The number of phenols is 1. The zero-order valence-electron chi connectivity index (χ0n) is 11.4. The number of benzene rings is 2. The van der Waals surface area contributed by atoms with Crippen LogP contribution in [0.15, 0.2) is 42.5 Å². The number of hydrogen-bond donors (Lipinski definition) is 3. The lowest BCUT2D eigenvalue weighted by Crippen LogP contribution is -2.15. The number of amides is 1. The molecule has 0 aliphatic rings. The molecule has 0 heterocycles. The number of carbonyl (C=O) groups is 1. The fourth-order valence-corrected chi connectivity index (χ4v) is 2.05. The zero-order chi connectivity index (χ0) is 14.5. The van der Waals surface area contributed by atoms with Gasteiger partial charge in [0.2, 0.25) is 0 Å². The molecule has 0 aliphatic heterocycles. The molecule has 0 aliphatic carbocycles. The van der Waals surface area contributed by atoms with Crippen LogP contribution >= 0.6 is 0 Å². The van der Waals surface area contributed by atoms with Crippen molar-refractivity contribution in [2.45, 2.75) is 13.3 Å². The van der Waals surface area contributed by atoms with Crippen molar-refractivity contribution in [1.82, 2.24) is 0 Å². The van der Waals surface area contributed by atoms with Crippen molar-refractivity contribution in [3.8, 4) is 5.75 Å². The van der Waals surface area contributed by atoms with Gasteiger partial charge in [0.15, 0.2) is 0 Å². The van der Waals surface area contributed by atoms with E-state index in [-0.39, 0.29) is 11.7 Å². The summed E-state index contributed by atoms with van der Waals surface area (Å²) in [5.41, 5.74) is 8.50. The summed E-state index contributed by atoms with van der Waals surface area (Å²) in [6.07, 6.45) is 0.665. The highest BCUT2D eigenvalue weighted by molar-refractivity contribution is 6.05. The number of hydrogen-bond acceptors (Lipinski definition) is 3. The molecule has 0 bridgehead atoms. The van der Waals surface area contributed by atoms with Crippen LogP contribution in [0.25, 0.3) is 0 Å². The Balaban J connectivity index is 2.21. The van der Waals surface area contributed by atoms with Crippen molar-refractivity contribution >= 4 is 11.6 Å². The van der Waals surface area contributed by atoms with Crippen LogP contribution in [-0.2, 0) is 6.42 Å². The minimum atomic E-state index is -0.167. The van der Waals surface area contributed by atoms with Crippen LogP contribution in [0.5, 0.6) is 5.75 Å². The van der Waals surface area contributed by atoms with Gasteiger partial charge < -0.3 is 16.2 Å². The monoisotopic (exact) mass is 270 g/mol. The number of aryl methyl sites for hydroxylation is 1. The van der Waals surface area contributed by atoms with Crippen LogP contribution in [0, 0.1) is 6.92 Å². The second-order valence-electron chi connectivity index (χ2n) is 4.65. The van der Waals surface area contributed by atoms with Crippen LogP contribution in [0.3, 0.4) is 0 Å². The Bertz CT molecular complexity index is 624. The van der Waals surface area contributed by atoms with Crippen molar-refractivity contribution in [3.63, 3.8) is 0 Å². The van der Waals surface area contributed by atoms with Gasteiger partial charge in [0.05, 0.1) is 0 Å². The minimum Gasteiger partial charge on any atom is -0.508 e. The predicted molar refractivity (Wildman–Crippen MR) is 80.0 cm³/mol. The SMILES string of the molecule is Cc1cc(NC(=O)c2ccccc2CCN)ccc1O. The number of aromatic hydroxyl groups is 1. The third kappa shape index (κ3) is 3.16. The lowest BCUT2D eigenvalue weighted by Gasteiger charge is -2.10. The highest BCUT2D eigenvalue weighted by Gasteiger charge is 2.11. The first-order valence-electron chi connectivity index (χ1n) is 6.50. The molecule has 0 saturated carbocycles. The lowest BCUT2D eigenvalue weighted by molar-refractivity contribution is 0.102. The molecular formula is C16H18N2O2. The smallest absolute Gasteiger partial charge is 0.255 e. The lowest BCUT2D eigenvalue weighted by atomic mass is 10.0. The molecule has 4 nitrogen and oxygen atoms in total. The molecule has 0 radical (unpaired) electrons. The third-order valence-corrected chi connectivity index (χ3v) is 3.13. The van der Waals surface area contributed by atoms with E-state index < -0.39 is 0 Å². The first kappa shape index (κ1) is 14.1. The van der Waals surface area contributed by atoms with Gasteiger partial charge in [-0.2, -0.15) is 0 Å². The van der Waals surface area contributed by atoms with Gasteiger partial charge in [0.25, 0.3) is 5.91 Å². The van der Waals surface area contributed by atoms with Crippen LogP contribution < -0.4 is 11.1 Å². The molecule has 0 aromatic heterocycles. The Kier molecular flexibility index (Phi) is 4.38. The minimum absolute atomic E-state index is 0.167. The zero-order valence-corrected chi connectivity index (χ0v) is 11.4. The summed E-state index contributed by atoms with van der Waals surface area (Å²) in [5.74, 6) is 0.0469. The molecule has 0 atom stereocenters. The molecule has 2 rings (SSSR count). The summed E-state index contributed by atoms with van der Waals surface area (Å²) < 4.78 is 0. The summed E-state index contributed by atoms with van der Waals surface area (Å²) >= 11 is 0. The first-order valence-corrected chi connectivity index (χ1v) is 6.50. The number of nitrogens with two attached hydrogens (primary N) is 1. The molecule has 0 saturated heterocycles. The summed E-state index contributed by atoms with van der Waals surface area (Å²) in [6.45, 7) is 2.29. The van der Waals surface area contributed by atoms with Crippen LogP contribution in [0.4, 0.5) is 5.69 Å². The van der Waals surface area contributed by atoms with Gasteiger partial charge in [-0.05, 0) is 55.3 Å². The Morgan fingerprint density at radius 3 is 2.70 bits per heavy atom. The molecule has 0 fully saturated rings. The molecule has 2 aromatic carbocycles. The molecule has 2 aromatic rings. The van der Waals surface area contributed by atoms with Gasteiger partial charge in [-0.25, -0.2) is 0 Å². The van der Waals surface area contributed by atoms with Crippen molar-refractivity contribution in [1.29, 1.82) is 0 Å². The Morgan fingerprint density at radius 1 is 1.25 bits per heavy atom. The molecular weight excluding hydrogens is 252 g/mol. The Labute approximate surface area is 118 Å². The molecule has 0 unspecified atom stereocenters. The van der Waals surface area contributed by atoms with E-state index in [1.165, 1.54) is 0 Å². The van der Waals surface area contributed by atoms with Crippen LogP contribution in [0.1, 0.15) is 21.5 Å². The quantitative estimate of drug-likeness (QED) is 0.747. The maximum Gasteiger partial charge on any atom is 0.255 e. The molecule has 20 heavy (non-hydrogen) atoms. The maximum absolute atomic E-state index is 12.3. The summed E-state index contributed by atoms with van der Waals surface area (Å²) in [5, 5.41) is 12.3. The number of carbonyl (C=O) groups excluding carboxylic acids is 1. The molecule has 4 heteroatoms. The summed E-state index contributed by atoms with van der Waals surface area (Å²) in [4.78, 5) is 12.3. The summed E-state index contributed by atoms with van der Waals surface area (Å²) in [6, 6.07) is 12.4. The van der Waals surface area contributed by atoms with Gasteiger partial charge in [-0.15, -0.1) is 0 Å². The highest BCUT2D eigenvalue weighted by Crippen LogP contribution is 2.21. The van der Waals surface area contributed by atoms with Crippen LogP contribution in [0.2, 0.25) is 0 Å². The van der Waals surface area contributed by atoms with E-state index >= 15 is 0 Å². The number of nitrogens with one attached hydrogen (secondary N) is 1. The van der Waals surface area contributed by atoms with Crippen molar-refractivity contribution in [2.75, 3.05) is 11.9 Å². The van der Waals surface area contributed by atoms with E-state index in [2.05, 4.69) is 5.32 Å². The summed E-state index contributed by atoms with van der Waals surface area (Å²) in [7, 11) is 0. The number of phenolic OH excluding ortho intramolecular Hbond substituents is 1. The van der Waals surface area contributed by atoms with E-state index in [1.54, 1.807) is 31.2 Å². The van der Waals surface area contributed by atoms with Gasteiger partial charge >= 0.3 is 0 Å². The van der Waals surface area contributed by atoms with Gasteiger partial charge in [0, 0.05) is 11.3 Å². The molecule has 1 amide bonds. The van der Waals surface area contributed by atoms with Gasteiger partial charge in [-0.1, -0.05) is 18.2 Å². The number of anilines is 1. The van der Waals surface area contributed by atoms with Crippen molar-refractivity contribution in [3.05, 3.63) is 59.2 Å². The Hall–Kier alpha value is -2.33. The molecule has 0 spiro atoms. The van der Waals surface area contributed by atoms with Crippen LogP contribution in [-0.4, -0.2) is 17.6 Å². The second-order valence-corrected chi connectivity index (χ2v) is 4.65. The standard InChI is InChI=1S/C16H18N2O2/c1-11-10-13(6-7-15(11)19)18-16(20)14-5-3-2-4-12(14)8-9-17/h2-7,10,19H,8-9,17H2,1H3,(H,18,20). The highest BCUT2D eigenvalue weighted by atomic mass is 16.3. The molecule has 104 valence electrons. The average molecular weight is 270 g/mol. The van der Waals surface area contributed by atoms with E-state index in [1.807, 2.05) is 18.2 Å². The topological polar surface area (TPSA) is 75.4 Å². The average Bonchev–Trinajstić information content (AvgIpc) is 2.44. The third-order valence-electron chi connectivity index (χ3n) is 3.13. The van der Waals surface area contributed by atoms with Gasteiger partial charge in [-0.3, -0.25) is 4.79 Å². The Morgan fingerprint density at radius 2 is 2.00 bits per heavy atom. The maximum atomic E-state index is 12.3. The van der Waals surface area contributed by atoms with E-state index in [0.717, 1.165) is 11.1 Å². The van der Waals surface area contributed by atoms with E-state index in [9.17, 15) is 9.90 Å².